The Morgan fingerprint density at radius 3 is 2.65 bits per heavy atom. The van der Waals surface area contributed by atoms with E-state index in [1.54, 1.807) is 0 Å². The molecule has 3 aliphatic rings. The van der Waals surface area contributed by atoms with E-state index in [2.05, 4.69) is 13.5 Å². The number of rotatable bonds is 11. The van der Waals surface area contributed by atoms with Crippen molar-refractivity contribution in [1.29, 1.82) is 0 Å². The molecule has 0 aromatic heterocycles. The van der Waals surface area contributed by atoms with Gasteiger partial charge in [0.1, 0.15) is 20.2 Å². The van der Waals surface area contributed by atoms with E-state index >= 15 is 0 Å². The molecule has 0 N–H and O–H groups in total. The Hall–Kier alpha value is -0.990. The maximum atomic E-state index is 11.0. The standard InChI is InChI=1S/C19H30O7/c1-3-19(20)23-10-16-6-5-15(25-16)9-21-11-22-12-24-13(2)14-4-7-17-18(8-14)26-17/h3,13-18H,1,4-12H2,2H3. The molecule has 1 saturated carbocycles. The van der Waals surface area contributed by atoms with E-state index in [9.17, 15) is 4.79 Å². The molecule has 0 spiro atoms. The van der Waals surface area contributed by atoms with Crippen LogP contribution in [0.3, 0.4) is 0 Å². The summed E-state index contributed by atoms with van der Waals surface area (Å²) in [4.78, 5) is 11.0. The highest BCUT2D eigenvalue weighted by Gasteiger charge is 2.45. The summed E-state index contributed by atoms with van der Waals surface area (Å²) < 4.78 is 33.0. The van der Waals surface area contributed by atoms with E-state index in [0.29, 0.717) is 24.7 Å². The van der Waals surface area contributed by atoms with Gasteiger partial charge in [0.05, 0.1) is 37.1 Å². The van der Waals surface area contributed by atoms with Crippen LogP contribution in [-0.4, -0.2) is 63.3 Å². The number of esters is 1. The SMILES string of the molecule is C=CC(=O)OCC1CCC(COCOCOC(C)C2CCC3OC3C2)O1. The average Bonchev–Trinajstić information content (AvgIpc) is 3.30. The maximum absolute atomic E-state index is 11.0. The molecule has 26 heavy (non-hydrogen) atoms. The van der Waals surface area contributed by atoms with Crippen LogP contribution in [0, 0.1) is 5.92 Å². The van der Waals surface area contributed by atoms with Crippen LogP contribution in [0.4, 0.5) is 0 Å². The normalized spacial score (nSPS) is 34.1. The van der Waals surface area contributed by atoms with Gasteiger partial charge in [0.15, 0.2) is 0 Å². The van der Waals surface area contributed by atoms with E-state index in [1.807, 2.05) is 0 Å². The second kappa shape index (κ2) is 9.80. The molecule has 1 aliphatic carbocycles. The molecule has 0 bridgehead atoms. The third-order valence-electron chi connectivity index (χ3n) is 5.37. The third kappa shape index (κ3) is 6.03. The molecule has 148 valence electrons. The van der Waals surface area contributed by atoms with Gasteiger partial charge in [-0.15, -0.1) is 0 Å². The van der Waals surface area contributed by atoms with Crippen molar-refractivity contribution >= 4 is 5.97 Å². The maximum Gasteiger partial charge on any atom is 0.330 e. The van der Waals surface area contributed by atoms with Crippen molar-refractivity contribution in [2.45, 2.75) is 69.5 Å². The Kier molecular flexibility index (Phi) is 7.45. The van der Waals surface area contributed by atoms with E-state index in [1.165, 1.54) is 6.42 Å². The Balaban J connectivity index is 1.16. The van der Waals surface area contributed by atoms with E-state index in [-0.39, 0.29) is 38.5 Å². The molecule has 2 saturated heterocycles. The minimum atomic E-state index is -0.423. The number of carbonyl (C=O) groups is 1. The molecule has 3 fully saturated rings. The van der Waals surface area contributed by atoms with Gasteiger partial charge in [-0.05, 0) is 44.9 Å². The predicted octanol–water partition coefficient (Wildman–Crippen LogP) is 2.18. The summed E-state index contributed by atoms with van der Waals surface area (Å²) in [7, 11) is 0. The highest BCUT2D eigenvalue weighted by atomic mass is 16.7. The van der Waals surface area contributed by atoms with Crippen molar-refractivity contribution in [3.05, 3.63) is 12.7 Å². The minimum Gasteiger partial charge on any atom is -0.460 e. The first-order valence-electron chi connectivity index (χ1n) is 9.53. The fourth-order valence-electron chi connectivity index (χ4n) is 3.68. The smallest absolute Gasteiger partial charge is 0.330 e. The largest absolute Gasteiger partial charge is 0.460 e. The van der Waals surface area contributed by atoms with Crippen molar-refractivity contribution in [2.75, 3.05) is 26.8 Å². The van der Waals surface area contributed by atoms with Crippen molar-refractivity contribution in [1.82, 2.24) is 0 Å². The Morgan fingerprint density at radius 1 is 1.08 bits per heavy atom. The number of hydrogen-bond acceptors (Lipinski definition) is 7. The molecule has 3 rings (SSSR count). The van der Waals surface area contributed by atoms with Gasteiger partial charge >= 0.3 is 5.97 Å². The van der Waals surface area contributed by atoms with E-state index in [0.717, 1.165) is 31.8 Å². The summed E-state index contributed by atoms with van der Waals surface area (Å²) in [6.07, 6.45) is 7.44. The Labute approximate surface area is 154 Å². The lowest BCUT2D eigenvalue weighted by Crippen LogP contribution is -2.27. The lowest BCUT2D eigenvalue weighted by atomic mass is 9.86. The van der Waals surface area contributed by atoms with Gasteiger partial charge in [0, 0.05) is 6.08 Å². The van der Waals surface area contributed by atoms with Crippen LogP contribution >= 0.6 is 0 Å². The zero-order valence-corrected chi connectivity index (χ0v) is 15.5. The van der Waals surface area contributed by atoms with Crippen LogP contribution in [0.1, 0.15) is 39.0 Å². The first-order chi connectivity index (χ1) is 12.7. The molecule has 0 amide bonds. The van der Waals surface area contributed by atoms with E-state index < -0.39 is 5.97 Å². The first-order valence-corrected chi connectivity index (χ1v) is 9.53. The average molecular weight is 370 g/mol. The van der Waals surface area contributed by atoms with Crippen LogP contribution in [0.5, 0.6) is 0 Å². The topological polar surface area (TPSA) is 75.8 Å². The summed E-state index contributed by atoms with van der Waals surface area (Å²) in [6.45, 7) is 6.60. The van der Waals surface area contributed by atoms with Crippen molar-refractivity contribution in [3.63, 3.8) is 0 Å². The molecule has 7 heteroatoms. The van der Waals surface area contributed by atoms with Crippen LogP contribution in [0.25, 0.3) is 0 Å². The molecule has 6 unspecified atom stereocenters. The van der Waals surface area contributed by atoms with Crippen molar-refractivity contribution < 1.29 is 33.2 Å². The van der Waals surface area contributed by atoms with Gasteiger partial charge in [-0.1, -0.05) is 6.58 Å². The third-order valence-corrected chi connectivity index (χ3v) is 5.37. The van der Waals surface area contributed by atoms with Gasteiger partial charge in [-0.2, -0.15) is 0 Å². The summed E-state index contributed by atoms with van der Waals surface area (Å²) in [5, 5.41) is 0. The predicted molar refractivity (Wildman–Crippen MR) is 92.4 cm³/mol. The second-order valence-electron chi connectivity index (χ2n) is 7.26. The summed E-state index contributed by atoms with van der Waals surface area (Å²) >= 11 is 0. The highest BCUT2D eigenvalue weighted by Crippen LogP contribution is 2.41. The molecule has 7 nitrogen and oxygen atoms in total. The molecular weight excluding hydrogens is 340 g/mol. The van der Waals surface area contributed by atoms with Gasteiger partial charge in [0.2, 0.25) is 0 Å². The van der Waals surface area contributed by atoms with Gasteiger partial charge in [-0.25, -0.2) is 4.79 Å². The summed E-state index contributed by atoms with van der Waals surface area (Å²) in [5.41, 5.74) is 0. The Morgan fingerprint density at radius 2 is 1.88 bits per heavy atom. The second-order valence-corrected chi connectivity index (χ2v) is 7.26. The lowest BCUT2D eigenvalue weighted by molar-refractivity contribution is -0.166. The molecular formula is C19H30O7. The first kappa shape index (κ1) is 19.8. The van der Waals surface area contributed by atoms with Gasteiger partial charge < -0.3 is 28.4 Å². The molecule has 2 heterocycles. The van der Waals surface area contributed by atoms with Gasteiger partial charge in [-0.3, -0.25) is 0 Å². The zero-order chi connectivity index (χ0) is 18.4. The molecule has 0 aromatic rings. The van der Waals surface area contributed by atoms with Crippen LogP contribution in [-0.2, 0) is 33.2 Å². The van der Waals surface area contributed by atoms with Gasteiger partial charge in [0.25, 0.3) is 0 Å². The zero-order valence-electron chi connectivity index (χ0n) is 15.5. The number of ether oxygens (including phenoxy) is 6. The molecule has 6 atom stereocenters. The monoisotopic (exact) mass is 370 g/mol. The lowest BCUT2D eigenvalue weighted by Gasteiger charge is -2.25. The highest BCUT2D eigenvalue weighted by molar-refractivity contribution is 5.81. The molecule has 2 aliphatic heterocycles. The molecule has 0 radical (unpaired) electrons. The fourth-order valence-corrected chi connectivity index (χ4v) is 3.68. The number of hydrogen-bond donors (Lipinski definition) is 0. The summed E-state index contributed by atoms with van der Waals surface area (Å²) in [6, 6.07) is 0. The minimum absolute atomic E-state index is 0.0135. The van der Waals surface area contributed by atoms with Crippen molar-refractivity contribution in [2.24, 2.45) is 5.92 Å². The summed E-state index contributed by atoms with van der Waals surface area (Å²) in [5.74, 6) is 0.135. The Bertz CT molecular complexity index is 469. The van der Waals surface area contributed by atoms with Crippen molar-refractivity contribution in [3.8, 4) is 0 Å². The fraction of sp³-hybridized carbons (Fsp3) is 0.842. The van der Waals surface area contributed by atoms with Crippen LogP contribution in [0.2, 0.25) is 0 Å². The van der Waals surface area contributed by atoms with Crippen LogP contribution in [0.15, 0.2) is 12.7 Å². The number of carbonyl (C=O) groups excluding carboxylic acids is 1. The quantitative estimate of drug-likeness (QED) is 0.181. The number of epoxide rings is 1. The molecule has 0 aromatic carbocycles. The van der Waals surface area contributed by atoms with Crippen LogP contribution < -0.4 is 0 Å². The van der Waals surface area contributed by atoms with E-state index in [4.69, 9.17) is 28.4 Å². The number of fused-ring (bicyclic) bond motifs is 1.